The zero-order valence-corrected chi connectivity index (χ0v) is 20.5. The third kappa shape index (κ3) is 5.87. The molecule has 0 aromatic heterocycles. The van der Waals surface area contributed by atoms with Gasteiger partial charge in [0.1, 0.15) is 28.0 Å². The number of carboxylic acid groups (broad SMARTS) is 1. The summed E-state index contributed by atoms with van der Waals surface area (Å²) in [4.78, 5) is 10.7. The number of hydrogen-bond acceptors (Lipinski definition) is 5. The molecule has 4 rings (SSSR count). The van der Waals surface area contributed by atoms with Crippen molar-refractivity contribution in [3.8, 4) is 17.2 Å². The lowest BCUT2D eigenvalue weighted by atomic mass is 9.87. The number of carboxylic acids is 1. The third-order valence-corrected chi connectivity index (χ3v) is 7.68. The van der Waals surface area contributed by atoms with Crippen LogP contribution in [-0.4, -0.2) is 26.1 Å². The Labute approximate surface area is 211 Å². The van der Waals surface area contributed by atoms with Crippen LogP contribution in [0.25, 0.3) is 0 Å². The molecule has 1 atom stereocenters. The molecule has 11 heteroatoms. The normalized spacial score (nSPS) is 15.3. The molecule has 1 aliphatic rings. The van der Waals surface area contributed by atoms with Gasteiger partial charge in [0.05, 0.1) is 10.0 Å². The van der Waals surface area contributed by atoms with E-state index in [-0.39, 0.29) is 26.4 Å². The number of rotatable bonds is 8. The molecule has 0 bridgehead atoms. The van der Waals surface area contributed by atoms with Gasteiger partial charge in [-0.15, -0.1) is 0 Å². The van der Waals surface area contributed by atoms with Crippen LogP contribution in [0.15, 0.2) is 59.5 Å². The lowest BCUT2D eigenvalue weighted by molar-refractivity contribution is -0.139. The lowest BCUT2D eigenvalue weighted by Gasteiger charge is -2.27. The van der Waals surface area contributed by atoms with Crippen LogP contribution < -0.4 is 14.2 Å². The van der Waals surface area contributed by atoms with Crippen LogP contribution in [0.3, 0.4) is 0 Å². The summed E-state index contributed by atoms with van der Waals surface area (Å²) in [6.45, 7) is -0.486. The number of nitrogens with one attached hydrogen (secondary N) is 1. The second-order valence-corrected chi connectivity index (χ2v) is 10.3. The molecule has 0 saturated carbocycles. The van der Waals surface area contributed by atoms with E-state index in [1.807, 2.05) is 0 Å². The van der Waals surface area contributed by atoms with Crippen molar-refractivity contribution in [3.63, 3.8) is 0 Å². The molecule has 0 saturated heterocycles. The van der Waals surface area contributed by atoms with Crippen molar-refractivity contribution in [1.29, 1.82) is 0 Å². The first-order chi connectivity index (χ1) is 16.6. The molecule has 0 heterocycles. The highest BCUT2D eigenvalue weighted by molar-refractivity contribution is 7.89. The summed E-state index contributed by atoms with van der Waals surface area (Å²) >= 11 is 12.3. The summed E-state index contributed by atoms with van der Waals surface area (Å²) in [6, 6.07) is 12.3. The van der Waals surface area contributed by atoms with Crippen molar-refractivity contribution in [2.45, 2.75) is 30.2 Å². The minimum atomic E-state index is -4.02. The van der Waals surface area contributed by atoms with Gasteiger partial charge >= 0.3 is 5.97 Å². The van der Waals surface area contributed by atoms with Crippen molar-refractivity contribution in [1.82, 2.24) is 4.72 Å². The van der Waals surface area contributed by atoms with Gasteiger partial charge in [-0.1, -0.05) is 35.3 Å². The van der Waals surface area contributed by atoms with Gasteiger partial charge in [-0.2, -0.15) is 0 Å². The summed E-state index contributed by atoms with van der Waals surface area (Å²) < 4.78 is 53.3. The number of hydrogen-bond donors (Lipinski definition) is 2. The van der Waals surface area contributed by atoms with E-state index < -0.39 is 34.5 Å². The number of fused-ring (bicyclic) bond motifs is 1. The Bertz CT molecular complexity index is 1380. The van der Waals surface area contributed by atoms with E-state index in [1.54, 1.807) is 18.2 Å². The predicted molar refractivity (Wildman–Crippen MR) is 129 cm³/mol. The Kier molecular flexibility index (Phi) is 7.51. The van der Waals surface area contributed by atoms with E-state index in [4.69, 9.17) is 37.8 Å². The fourth-order valence-electron chi connectivity index (χ4n) is 3.91. The largest absolute Gasteiger partial charge is 0.482 e. The smallest absolute Gasteiger partial charge is 0.341 e. The lowest BCUT2D eigenvalue weighted by Crippen LogP contribution is -2.31. The number of sulfonamides is 1. The van der Waals surface area contributed by atoms with Gasteiger partial charge in [-0.05, 0) is 66.8 Å². The molecule has 0 amide bonds. The monoisotopic (exact) mass is 539 g/mol. The minimum Gasteiger partial charge on any atom is -0.482 e. The molecule has 1 aliphatic carbocycles. The highest BCUT2D eigenvalue weighted by Crippen LogP contribution is 2.37. The van der Waals surface area contributed by atoms with E-state index in [1.165, 1.54) is 30.3 Å². The number of ether oxygens (including phenoxy) is 2. The summed E-state index contributed by atoms with van der Waals surface area (Å²) in [5.41, 5.74) is 1.50. The van der Waals surface area contributed by atoms with Crippen LogP contribution in [0.1, 0.15) is 30.0 Å². The Morgan fingerprint density at radius 1 is 1.09 bits per heavy atom. The number of halogens is 3. The Hall–Kier alpha value is -2.85. The summed E-state index contributed by atoms with van der Waals surface area (Å²) in [5.74, 6) is -0.770. The molecule has 0 unspecified atom stereocenters. The van der Waals surface area contributed by atoms with Gasteiger partial charge in [0.2, 0.25) is 10.0 Å². The van der Waals surface area contributed by atoms with Gasteiger partial charge in [0, 0.05) is 12.1 Å². The van der Waals surface area contributed by atoms with Gasteiger partial charge < -0.3 is 14.6 Å². The zero-order valence-electron chi connectivity index (χ0n) is 18.1. The minimum absolute atomic E-state index is 0.0576. The van der Waals surface area contributed by atoms with Crippen molar-refractivity contribution in [3.05, 3.63) is 81.6 Å². The molecule has 184 valence electrons. The zero-order chi connectivity index (χ0) is 25.2. The molecular weight excluding hydrogens is 520 g/mol. The summed E-state index contributed by atoms with van der Waals surface area (Å²) in [7, 11) is -4.02. The van der Waals surface area contributed by atoms with Crippen molar-refractivity contribution in [2.75, 3.05) is 6.61 Å². The van der Waals surface area contributed by atoms with Crippen LogP contribution in [-0.2, 0) is 21.2 Å². The first-order valence-electron chi connectivity index (χ1n) is 10.6. The topological polar surface area (TPSA) is 102 Å². The molecule has 3 aromatic rings. The van der Waals surface area contributed by atoms with Gasteiger partial charge in [0.25, 0.3) is 0 Å². The molecule has 7 nitrogen and oxygen atoms in total. The van der Waals surface area contributed by atoms with Gasteiger partial charge in [-0.3, -0.25) is 0 Å². The number of aliphatic carboxylic acids is 1. The summed E-state index contributed by atoms with van der Waals surface area (Å²) in [5, 5.41) is 8.89. The maximum atomic E-state index is 13.2. The molecule has 35 heavy (non-hydrogen) atoms. The van der Waals surface area contributed by atoms with Crippen LogP contribution >= 0.6 is 23.2 Å². The van der Waals surface area contributed by atoms with E-state index in [2.05, 4.69) is 4.72 Å². The Morgan fingerprint density at radius 3 is 2.60 bits per heavy atom. The highest BCUT2D eigenvalue weighted by Gasteiger charge is 2.29. The molecule has 0 spiro atoms. The summed E-state index contributed by atoms with van der Waals surface area (Å²) in [6.07, 6.45) is 1.88. The van der Waals surface area contributed by atoms with E-state index in [0.29, 0.717) is 25.0 Å². The molecular formula is C24H20Cl2FNO6S. The quantitative estimate of drug-likeness (QED) is 0.378. The first-order valence-corrected chi connectivity index (χ1v) is 12.8. The van der Waals surface area contributed by atoms with Crippen LogP contribution in [0, 0.1) is 5.82 Å². The van der Waals surface area contributed by atoms with Crippen LogP contribution in [0.5, 0.6) is 17.2 Å². The van der Waals surface area contributed by atoms with E-state index >= 15 is 0 Å². The first kappa shape index (κ1) is 25.2. The fourth-order valence-corrected chi connectivity index (χ4v) is 5.90. The fraction of sp³-hybridized carbons (Fsp3) is 0.208. The third-order valence-electron chi connectivity index (χ3n) is 5.43. The van der Waals surface area contributed by atoms with Crippen LogP contribution in [0.4, 0.5) is 4.39 Å². The van der Waals surface area contributed by atoms with Crippen molar-refractivity contribution < 1.29 is 32.2 Å². The van der Waals surface area contributed by atoms with Crippen LogP contribution in [0.2, 0.25) is 10.0 Å². The maximum Gasteiger partial charge on any atom is 0.341 e. The number of carbonyl (C=O) groups is 1. The SMILES string of the molecule is O=C(O)COc1cccc2c1CCC[C@H]2NS(=O)(=O)c1ccc(Oc2ccc(F)cc2Cl)cc1Cl. The Balaban J connectivity index is 1.55. The Morgan fingerprint density at radius 2 is 1.89 bits per heavy atom. The van der Waals surface area contributed by atoms with E-state index in [0.717, 1.165) is 17.2 Å². The standard InChI is InChI=1S/C24H20Cl2FNO6S/c25-18-11-14(27)7-9-22(18)34-15-8-10-23(19(26)12-15)35(31,32)28-20-5-1-4-17-16(20)3-2-6-21(17)33-13-24(29)30/h2-3,6-12,20,28H,1,4-5,13H2,(H,29,30)/t20-/m1/s1. The maximum absolute atomic E-state index is 13.2. The molecule has 0 aliphatic heterocycles. The van der Waals surface area contributed by atoms with Crippen molar-refractivity contribution in [2.24, 2.45) is 0 Å². The van der Waals surface area contributed by atoms with E-state index in [9.17, 15) is 17.6 Å². The average Bonchev–Trinajstić information content (AvgIpc) is 2.79. The van der Waals surface area contributed by atoms with Gasteiger partial charge in [-0.25, -0.2) is 22.3 Å². The molecule has 3 aromatic carbocycles. The second kappa shape index (κ2) is 10.4. The second-order valence-electron chi connectivity index (χ2n) is 7.84. The highest BCUT2D eigenvalue weighted by atomic mass is 35.5. The molecule has 0 radical (unpaired) electrons. The number of benzene rings is 3. The molecule has 2 N–H and O–H groups in total. The molecule has 0 fully saturated rings. The van der Waals surface area contributed by atoms with Crippen molar-refractivity contribution >= 4 is 39.2 Å². The van der Waals surface area contributed by atoms with Gasteiger partial charge in [0.15, 0.2) is 6.61 Å². The average molecular weight is 540 g/mol. The predicted octanol–water partition coefficient (Wildman–Crippen LogP) is 5.74.